The third-order valence-corrected chi connectivity index (χ3v) is 3.06. The normalized spacial score (nSPS) is 25.0. The third kappa shape index (κ3) is 1.55. The van der Waals surface area contributed by atoms with E-state index in [4.69, 9.17) is 0 Å². The Balaban J connectivity index is 2.63. The van der Waals surface area contributed by atoms with Crippen molar-refractivity contribution in [2.45, 2.75) is 25.3 Å². The van der Waals surface area contributed by atoms with Gasteiger partial charge in [0.25, 0.3) is 0 Å². The van der Waals surface area contributed by atoms with Crippen molar-refractivity contribution in [3.63, 3.8) is 0 Å². The van der Waals surface area contributed by atoms with Crippen LogP contribution >= 0.6 is 0 Å². The standard InChI is InChI=1S/C11H12F3NO/c1-11(3-2-4-15-11)8-9(13)6(12)5-7(16)10(8)14/h5,15-16H,2-4H2,1H3. The van der Waals surface area contributed by atoms with E-state index in [2.05, 4.69) is 5.32 Å². The van der Waals surface area contributed by atoms with E-state index in [-0.39, 0.29) is 0 Å². The first kappa shape index (κ1) is 11.3. The first-order valence-electron chi connectivity index (χ1n) is 5.08. The molecule has 2 rings (SSSR count). The average Bonchev–Trinajstić information content (AvgIpc) is 2.63. The predicted molar refractivity (Wildman–Crippen MR) is 52.6 cm³/mol. The zero-order valence-electron chi connectivity index (χ0n) is 8.78. The number of benzene rings is 1. The largest absolute Gasteiger partial charge is 0.505 e. The number of halogens is 3. The fourth-order valence-corrected chi connectivity index (χ4v) is 2.18. The van der Waals surface area contributed by atoms with E-state index in [1.807, 2.05) is 0 Å². The maximum Gasteiger partial charge on any atom is 0.172 e. The second-order valence-electron chi connectivity index (χ2n) is 4.24. The van der Waals surface area contributed by atoms with E-state index in [1.54, 1.807) is 6.92 Å². The lowest BCUT2D eigenvalue weighted by atomic mass is 9.89. The van der Waals surface area contributed by atoms with Gasteiger partial charge in [-0.3, -0.25) is 0 Å². The number of rotatable bonds is 1. The Morgan fingerprint density at radius 2 is 2.00 bits per heavy atom. The minimum Gasteiger partial charge on any atom is -0.505 e. The molecule has 0 aromatic heterocycles. The number of hydrogen-bond acceptors (Lipinski definition) is 2. The summed E-state index contributed by atoms with van der Waals surface area (Å²) in [6.07, 6.45) is 1.26. The Morgan fingerprint density at radius 3 is 2.56 bits per heavy atom. The van der Waals surface area contributed by atoms with Crippen LogP contribution in [0.1, 0.15) is 25.3 Å². The summed E-state index contributed by atoms with van der Waals surface area (Å²) in [5, 5.41) is 12.1. The summed E-state index contributed by atoms with van der Waals surface area (Å²) >= 11 is 0. The van der Waals surface area contributed by atoms with Gasteiger partial charge in [0.2, 0.25) is 0 Å². The highest BCUT2D eigenvalue weighted by Crippen LogP contribution is 2.37. The van der Waals surface area contributed by atoms with Crippen molar-refractivity contribution >= 4 is 0 Å². The van der Waals surface area contributed by atoms with Gasteiger partial charge in [0.1, 0.15) is 0 Å². The Bertz CT molecular complexity index is 401. The van der Waals surface area contributed by atoms with E-state index in [0.717, 1.165) is 6.42 Å². The first-order valence-corrected chi connectivity index (χ1v) is 5.08. The average molecular weight is 231 g/mol. The van der Waals surface area contributed by atoms with Gasteiger partial charge in [0.05, 0.1) is 5.56 Å². The van der Waals surface area contributed by atoms with Crippen LogP contribution in [-0.2, 0) is 5.54 Å². The molecule has 0 bridgehead atoms. The van der Waals surface area contributed by atoms with E-state index < -0.39 is 34.3 Å². The van der Waals surface area contributed by atoms with Crippen LogP contribution in [0.3, 0.4) is 0 Å². The molecule has 0 spiro atoms. The number of hydrogen-bond donors (Lipinski definition) is 2. The van der Waals surface area contributed by atoms with Crippen molar-refractivity contribution in [2.75, 3.05) is 6.54 Å². The molecule has 0 radical (unpaired) electrons. The Hall–Kier alpha value is -1.23. The molecule has 1 atom stereocenters. The lowest BCUT2D eigenvalue weighted by Gasteiger charge is -2.26. The molecule has 1 unspecified atom stereocenters. The zero-order chi connectivity index (χ0) is 11.9. The minimum absolute atomic E-state index is 0.414. The molecule has 1 aromatic carbocycles. The fourth-order valence-electron chi connectivity index (χ4n) is 2.18. The predicted octanol–water partition coefficient (Wildman–Crippen LogP) is 2.41. The highest BCUT2D eigenvalue weighted by Gasteiger charge is 2.37. The van der Waals surface area contributed by atoms with Gasteiger partial charge in [0, 0.05) is 11.6 Å². The van der Waals surface area contributed by atoms with Crippen LogP contribution in [0.5, 0.6) is 5.75 Å². The fraction of sp³-hybridized carbons (Fsp3) is 0.455. The monoisotopic (exact) mass is 231 g/mol. The van der Waals surface area contributed by atoms with Gasteiger partial charge in [-0.05, 0) is 26.3 Å². The molecule has 1 heterocycles. The zero-order valence-corrected chi connectivity index (χ0v) is 8.78. The summed E-state index contributed by atoms with van der Waals surface area (Å²) in [6.45, 7) is 2.22. The smallest absolute Gasteiger partial charge is 0.172 e. The van der Waals surface area contributed by atoms with Crippen LogP contribution < -0.4 is 5.32 Å². The molecular formula is C11H12F3NO. The molecule has 1 aliphatic rings. The van der Waals surface area contributed by atoms with E-state index in [9.17, 15) is 18.3 Å². The van der Waals surface area contributed by atoms with Crippen molar-refractivity contribution < 1.29 is 18.3 Å². The maximum absolute atomic E-state index is 13.6. The lowest BCUT2D eigenvalue weighted by molar-refractivity contribution is 0.349. The molecule has 1 aromatic rings. The van der Waals surface area contributed by atoms with Crippen molar-refractivity contribution in [3.8, 4) is 5.75 Å². The summed E-state index contributed by atoms with van der Waals surface area (Å²) in [5.74, 6) is -4.41. The van der Waals surface area contributed by atoms with E-state index in [1.165, 1.54) is 0 Å². The van der Waals surface area contributed by atoms with Crippen molar-refractivity contribution in [2.24, 2.45) is 0 Å². The quantitative estimate of drug-likeness (QED) is 0.727. The summed E-state index contributed by atoms with van der Waals surface area (Å²) in [6, 6.07) is 0.451. The Morgan fingerprint density at radius 1 is 1.31 bits per heavy atom. The molecule has 0 aliphatic carbocycles. The second kappa shape index (κ2) is 3.66. The SMILES string of the molecule is CC1(c2c(F)c(O)cc(F)c2F)CCCN1. The molecule has 1 saturated heterocycles. The third-order valence-electron chi connectivity index (χ3n) is 3.06. The molecule has 2 nitrogen and oxygen atoms in total. The van der Waals surface area contributed by atoms with E-state index >= 15 is 0 Å². The summed E-state index contributed by atoms with van der Waals surface area (Å²) < 4.78 is 40.3. The molecule has 1 fully saturated rings. The van der Waals surface area contributed by atoms with Gasteiger partial charge in [-0.15, -0.1) is 0 Å². The molecule has 16 heavy (non-hydrogen) atoms. The Labute approximate surface area is 91.1 Å². The van der Waals surface area contributed by atoms with Gasteiger partial charge in [0.15, 0.2) is 23.2 Å². The number of phenols is 1. The van der Waals surface area contributed by atoms with Gasteiger partial charge in [-0.2, -0.15) is 0 Å². The van der Waals surface area contributed by atoms with Gasteiger partial charge in [-0.25, -0.2) is 13.2 Å². The summed E-state index contributed by atoms with van der Waals surface area (Å²) in [5.41, 5.74) is -1.36. The van der Waals surface area contributed by atoms with Crippen LogP contribution in [0, 0.1) is 17.5 Å². The molecule has 1 aliphatic heterocycles. The number of phenolic OH excluding ortho intramolecular Hbond substituents is 1. The number of aromatic hydroxyl groups is 1. The van der Waals surface area contributed by atoms with Gasteiger partial charge >= 0.3 is 0 Å². The van der Waals surface area contributed by atoms with Crippen LogP contribution in [0.4, 0.5) is 13.2 Å². The first-order chi connectivity index (χ1) is 7.46. The maximum atomic E-state index is 13.6. The molecule has 88 valence electrons. The topological polar surface area (TPSA) is 32.3 Å². The highest BCUT2D eigenvalue weighted by atomic mass is 19.2. The van der Waals surface area contributed by atoms with Gasteiger partial charge < -0.3 is 10.4 Å². The van der Waals surface area contributed by atoms with Crippen molar-refractivity contribution in [3.05, 3.63) is 29.1 Å². The minimum atomic E-state index is -1.23. The summed E-state index contributed by atoms with van der Waals surface area (Å²) in [7, 11) is 0. The molecule has 0 amide bonds. The van der Waals surface area contributed by atoms with Crippen LogP contribution in [0.15, 0.2) is 6.07 Å². The second-order valence-corrected chi connectivity index (χ2v) is 4.24. The number of nitrogens with one attached hydrogen (secondary N) is 1. The van der Waals surface area contributed by atoms with Crippen LogP contribution in [-0.4, -0.2) is 11.7 Å². The molecule has 5 heteroatoms. The van der Waals surface area contributed by atoms with Crippen molar-refractivity contribution in [1.29, 1.82) is 0 Å². The van der Waals surface area contributed by atoms with Crippen molar-refractivity contribution in [1.82, 2.24) is 5.32 Å². The van der Waals surface area contributed by atoms with Gasteiger partial charge in [-0.1, -0.05) is 0 Å². The molecule has 0 saturated carbocycles. The molecule has 2 N–H and O–H groups in total. The lowest BCUT2D eigenvalue weighted by Crippen LogP contribution is -2.35. The van der Waals surface area contributed by atoms with Crippen LogP contribution in [0.2, 0.25) is 0 Å². The summed E-state index contributed by atoms with van der Waals surface area (Å²) in [4.78, 5) is 0. The van der Waals surface area contributed by atoms with E-state index in [0.29, 0.717) is 19.0 Å². The Kier molecular flexibility index (Phi) is 2.58. The van der Waals surface area contributed by atoms with Crippen LogP contribution in [0.25, 0.3) is 0 Å². The highest BCUT2D eigenvalue weighted by molar-refractivity contribution is 5.37. The molecular weight excluding hydrogens is 219 g/mol.